The lowest BCUT2D eigenvalue weighted by Gasteiger charge is -2.39. The quantitative estimate of drug-likeness (QED) is 0.227. The summed E-state index contributed by atoms with van der Waals surface area (Å²) in [6.45, 7) is 21.2. The lowest BCUT2D eigenvalue weighted by Crippen LogP contribution is -2.61. The maximum Gasteiger partial charge on any atom is 0.315 e. The van der Waals surface area contributed by atoms with Crippen LogP contribution in [-0.4, -0.2) is 102 Å². The molecule has 2 heterocycles. The zero-order chi connectivity index (χ0) is 37.0. The summed E-state index contributed by atoms with van der Waals surface area (Å²) in [6.07, 6.45) is 7.23. The van der Waals surface area contributed by atoms with E-state index in [0.717, 1.165) is 51.6 Å². The van der Waals surface area contributed by atoms with Crippen LogP contribution in [0.25, 0.3) is 0 Å². The number of urea groups is 1. The molecule has 2 aliphatic heterocycles. The van der Waals surface area contributed by atoms with Gasteiger partial charge in [0.15, 0.2) is 0 Å². The molecule has 282 valence electrons. The first-order valence-corrected chi connectivity index (χ1v) is 19.1. The van der Waals surface area contributed by atoms with Crippen LogP contribution in [0.5, 0.6) is 0 Å². The number of fused-ring (bicyclic) bond motifs is 1. The third-order valence-electron chi connectivity index (χ3n) is 13.5. The summed E-state index contributed by atoms with van der Waals surface area (Å²) in [5.74, 6) is -2.22. The fraction of sp³-hybridized carbons (Fsp3) is 0.868. The van der Waals surface area contributed by atoms with Crippen molar-refractivity contribution in [1.82, 2.24) is 25.8 Å². The third-order valence-corrected chi connectivity index (χ3v) is 13.5. The van der Waals surface area contributed by atoms with Gasteiger partial charge in [-0.15, -0.1) is 0 Å². The maximum absolute atomic E-state index is 14.8. The van der Waals surface area contributed by atoms with E-state index in [0.29, 0.717) is 25.9 Å². The van der Waals surface area contributed by atoms with E-state index in [9.17, 15) is 24.0 Å². The van der Waals surface area contributed by atoms with Crippen molar-refractivity contribution in [3.8, 4) is 0 Å². The first-order chi connectivity index (χ1) is 23.2. The Labute approximate surface area is 299 Å². The Hall–Kier alpha value is -2.73. The second-order valence-electron chi connectivity index (χ2n) is 18.4. The van der Waals surface area contributed by atoms with E-state index in [2.05, 4.69) is 62.4 Å². The first-order valence-electron chi connectivity index (χ1n) is 19.1. The Morgan fingerprint density at radius 1 is 0.920 bits per heavy atom. The number of likely N-dealkylation sites (tertiary alicyclic amines) is 1. The van der Waals surface area contributed by atoms with E-state index in [1.54, 1.807) is 4.90 Å². The summed E-state index contributed by atoms with van der Waals surface area (Å²) >= 11 is 0. The normalized spacial score (nSPS) is 30.6. The summed E-state index contributed by atoms with van der Waals surface area (Å²) in [6, 6.07) is -3.35. The Bertz CT molecular complexity index is 1330. The van der Waals surface area contributed by atoms with Crippen LogP contribution in [0.15, 0.2) is 0 Å². The predicted molar refractivity (Wildman–Crippen MR) is 191 cm³/mol. The van der Waals surface area contributed by atoms with Crippen molar-refractivity contribution in [2.75, 3.05) is 26.2 Å². The summed E-state index contributed by atoms with van der Waals surface area (Å²) in [4.78, 5) is 71.7. The Balaban J connectivity index is 1.36. The van der Waals surface area contributed by atoms with E-state index >= 15 is 0 Å². The number of morpholine rings is 1. The van der Waals surface area contributed by atoms with Crippen molar-refractivity contribution in [1.29, 1.82) is 0 Å². The highest BCUT2D eigenvalue weighted by Crippen LogP contribution is 2.88. The van der Waals surface area contributed by atoms with Crippen LogP contribution in [-0.2, 0) is 23.9 Å². The van der Waals surface area contributed by atoms with Crippen molar-refractivity contribution in [3.63, 3.8) is 0 Å². The number of nitrogens with two attached hydrogens (primary N) is 1. The van der Waals surface area contributed by atoms with Crippen LogP contribution in [0.4, 0.5) is 4.79 Å². The van der Waals surface area contributed by atoms with Crippen molar-refractivity contribution in [2.24, 2.45) is 39.2 Å². The molecule has 2 spiro atoms. The smallest absolute Gasteiger partial charge is 0.315 e. The van der Waals surface area contributed by atoms with Gasteiger partial charge in [0.25, 0.3) is 5.91 Å². The highest BCUT2D eigenvalue weighted by molar-refractivity contribution is 6.37. The molecule has 12 nitrogen and oxygen atoms in total. The number of carbonyl (C=O) groups is 5. The number of ether oxygens (including phenoxy) is 1. The molecule has 3 aliphatic carbocycles. The zero-order valence-electron chi connectivity index (χ0n) is 32.0. The molecule has 5 aliphatic rings. The van der Waals surface area contributed by atoms with Crippen molar-refractivity contribution >= 4 is 29.5 Å². The molecule has 50 heavy (non-hydrogen) atoms. The second kappa shape index (κ2) is 14.0. The summed E-state index contributed by atoms with van der Waals surface area (Å²) < 4.78 is 5.90. The molecule has 0 aromatic heterocycles. The lowest BCUT2D eigenvalue weighted by atomic mass is 9.73. The van der Waals surface area contributed by atoms with Gasteiger partial charge in [-0.2, -0.15) is 0 Å². The van der Waals surface area contributed by atoms with Crippen molar-refractivity contribution in [2.45, 2.75) is 150 Å². The molecule has 2 saturated heterocycles. The monoisotopic (exact) mass is 700 g/mol. The van der Waals surface area contributed by atoms with E-state index in [4.69, 9.17) is 10.5 Å². The minimum absolute atomic E-state index is 0.0585. The molecule has 0 radical (unpaired) electrons. The lowest BCUT2D eigenvalue weighted by molar-refractivity contribution is -0.143. The first kappa shape index (κ1) is 38.5. The van der Waals surface area contributed by atoms with Crippen LogP contribution in [0.3, 0.4) is 0 Å². The molecule has 7 atom stereocenters. The molecule has 5 amide bonds. The highest BCUT2D eigenvalue weighted by Gasteiger charge is 2.85. The molecule has 0 bridgehead atoms. The minimum atomic E-state index is -1.07. The van der Waals surface area contributed by atoms with Crippen LogP contribution >= 0.6 is 0 Å². The fourth-order valence-corrected chi connectivity index (χ4v) is 10.1. The van der Waals surface area contributed by atoms with Gasteiger partial charge in [0, 0.05) is 37.6 Å². The van der Waals surface area contributed by atoms with Crippen molar-refractivity contribution in [3.05, 3.63) is 0 Å². The van der Waals surface area contributed by atoms with Gasteiger partial charge >= 0.3 is 6.03 Å². The van der Waals surface area contributed by atoms with E-state index in [-0.39, 0.29) is 52.2 Å². The molecule has 5 N–H and O–H groups in total. The van der Waals surface area contributed by atoms with Crippen molar-refractivity contribution < 1.29 is 28.7 Å². The van der Waals surface area contributed by atoms with Crippen LogP contribution in [0.1, 0.15) is 114 Å². The molecule has 5 fully saturated rings. The third kappa shape index (κ3) is 7.04. The Morgan fingerprint density at radius 3 is 2.00 bits per heavy atom. The van der Waals surface area contributed by atoms with Gasteiger partial charge in [-0.25, -0.2) is 4.79 Å². The summed E-state index contributed by atoms with van der Waals surface area (Å²) in [5, 5.41) is 9.08. The van der Waals surface area contributed by atoms with Crippen LogP contribution in [0, 0.1) is 33.5 Å². The van der Waals surface area contributed by atoms with Gasteiger partial charge in [0.05, 0.1) is 18.2 Å². The van der Waals surface area contributed by atoms with Gasteiger partial charge in [-0.1, -0.05) is 74.1 Å². The van der Waals surface area contributed by atoms with Gasteiger partial charge in [-0.3, -0.25) is 24.1 Å². The number of hydrogen-bond donors (Lipinski definition) is 4. The standard InChI is InChI=1S/C38H64N6O6/c1-22(2)27(20-43-18-23(3)50-24(4)19-43)41-34(49)42-30(35(5,6)7)33(48)44-21-38(36(8,9)37(38)14-11-15-37)17-28(44)32(47)40-26(29(45)31(39)46)16-25-12-10-13-25/h22-28,30H,10-21H2,1-9H3,(H2,39,46)(H,40,47)(H2,41,42,49)/t23-,24-,26?,27+,28-,30+,38?/m0/s1. The van der Waals surface area contributed by atoms with Gasteiger partial charge < -0.3 is 31.3 Å². The molecule has 0 aromatic carbocycles. The van der Waals surface area contributed by atoms with Gasteiger partial charge in [-0.05, 0) is 67.6 Å². The second-order valence-corrected chi connectivity index (χ2v) is 18.4. The molecule has 0 aromatic rings. The molecular weight excluding hydrogens is 636 g/mol. The average Bonchev–Trinajstić information content (AvgIpc) is 3.18. The largest absolute Gasteiger partial charge is 0.373 e. The number of primary amides is 1. The van der Waals surface area contributed by atoms with E-state index in [1.807, 2.05) is 20.8 Å². The molecule has 3 saturated carbocycles. The summed E-state index contributed by atoms with van der Waals surface area (Å²) in [7, 11) is 0. The van der Waals surface area contributed by atoms with Gasteiger partial charge in [0.1, 0.15) is 12.1 Å². The number of nitrogens with one attached hydrogen (secondary N) is 3. The number of nitrogens with zero attached hydrogens (tertiary/aromatic N) is 2. The highest BCUT2D eigenvalue weighted by atomic mass is 16.5. The topological polar surface area (TPSA) is 163 Å². The number of ketones is 1. The molecule has 2 unspecified atom stereocenters. The zero-order valence-corrected chi connectivity index (χ0v) is 32.0. The number of hydrogen-bond acceptors (Lipinski definition) is 7. The molecule has 5 rings (SSSR count). The molecular formula is C38H64N6O6. The van der Waals surface area contributed by atoms with Crippen LogP contribution in [0.2, 0.25) is 0 Å². The number of carbonyl (C=O) groups excluding carboxylic acids is 5. The Kier molecular flexibility index (Phi) is 10.8. The minimum Gasteiger partial charge on any atom is -0.373 e. The average molecular weight is 701 g/mol. The molecule has 12 heteroatoms. The fourth-order valence-electron chi connectivity index (χ4n) is 10.1. The number of Topliss-reactive ketones (excluding diaryl/α,β-unsaturated/α-hetero) is 1. The van der Waals surface area contributed by atoms with Gasteiger partial charge in [0.2, 0.25) is 17.6 Å². The number of rotatable bonds is 12. The van der Waals surface area contributed by atoms with Crippen LogP contribution < -0.4 is 21.7 Å². The van der Waals surface area contributed by atoms with E-state index < -0.39 is 47.2 Å². The van der Waals surface area contributed by atoms with E-state index in [1.165, 1.54) is 0 Å². The maximum atomic E-state index is 14.8. The summed E-state index contributed by atoms with van der Waals surface area (Å²) in [5.41, 5.74) is 4.50. The SMILES string of the molecule is CC(C)[C@@H](CN1C[C@H](C)O[C@@H](C)C1)NC(=O)N[C@H](C(=O)N1CC2(C[C@H]1C(=O)NC(CC1CCC1)C(=O)C(N)=O)C(C)(C)C21CCC1)C(C)(C)C. The predicted octanol–water partition coefficient (Wildman–Crippen LogP) is 3.36. The number of amides is 5. The Morgan fingerprint density at radius 2 is 1.54 bits per heavy atom.